The molecule has 0 fully saturated rings. The molecule has 2 rings (SSSR count). The number of aryl methyl sites for hydroxylation is 1. The summed E-state index contributed by atoms with van der Waals surface area (Å²) in [6, 6.07) is 13.6. The molecular weight excluding hydrogens is 466 g/mol. The number of hydrogen-bond acceptors (Lipinski definition) is 5. The molecule has 0 saturated carbocycles. The zero-order valence-corrected chi connectivity index (χ0v) is 22.1. The second-order valence-electron chi connectivity index (χ2n) is 8.50. The number of para-hydroxylation sites is 2. The lowest BCUT2D eigenvalue weighted by molar-refractivity contribution is -0.139. The average molecular weight is 504 g/mol. The number of carbonyl (C=O) groups is 2. The monoisotopic (exact) mass is 503 g/mol. The zero-order chi connectivity index (χ0) is 26.0. The first-order chi connectivity index (χ1) is 16.6. The van der Waals surface area contributed by atoms with Crippen molar-refractivity contribution in [2.45, 2.75) is 53.1 Å². The molecule has 35 heavy (non-hydrogen) atoms. The maximum absolute atomic E-state index is 13.6. The normalized spacial score (nSPS) is 12.0. The van der Waals surface area contributed by atoms with Crippen LogP contribution < -0.4 is 14.4 Å². The minimum absolute atomic E-state index is 0.174. The van der Waals surface area contributed by atoms with Crippen LogP contribution in [0.5, 0.6) is 5.75 Å². The van der Waals surface area contributed by atoms with Crippen molar-refractivity contribution in [3.63, 3.8) is 0 Å². The highest BCUT2D eigenvalue weighted by molar-refractivity contribution is 7.92. The Balaban J connectivity index is 2.39. The van der Waals surface area contributed by atoms with Crippen molar-refractivity contribution < 1.29 is 22.7 Å². The second kappa shape index (κ2) is 13.1. The van der Waals surface area contributed by atoms with E-state index in [1.54, 1.807) is 38.1 Å². The summed E-state index contributed by atoms with van der Waals surface area (Å²) in [4.78, 5) is 27.9. The molecule has 2 amide bonds. The highest BCUT2D eigenvalue weighted by Crippen LogP contribution is 2.30. The third kappa shape index (κ3) is 8.28. The van der Waals surface area contributed by atoms with Crippen molar-refractivity contribution in [2.75, 3.05) is 30.3 Å². The van der Waals surface area contributed by atoms with Crippen LogP contribution in [0.2, 0.25) is 0 Å². The van der Waals surface area contributed by atoms with Gasteiger partial charge in [0.1, 0.15) is 18.3 Å². The molecule has 2 aromatic rings. The number of ether oxygens (including phenoxy) is 1. The molecule has 192 valence electrons. The van der Waals surface area contributed by atoms with Crippen LogP contribution in [0.1, 0.15) is 44.7 Å². The standard InChI is InChI=1S/C26H37N3O5S/c1-6-8-16-27-26(31)21(4)28(18-22-13-11-12-20(3)17-22)25(30)19-29(35(5,32)33)23-14-9-10-15-24(23)34-7-2/h9-15,17,21H,6-8,16,18-19H2,1-5H3,(H,27,31). The van der Waals surface area contributed by atoms with Gasteiger partial charge in [0, 0.05) is 13.1 Å². The molecule has 0 aliphatic rings. The van der Waals surface area contributed by atoms with Gasteiger partial charge in [-0.25, -0.2) is 8.42 Å². The van der Waals surface area contributed by atoms with Gasteiger partial charge in [0.2, 0.25) is 21.8 Å². The van der Waals surface area contributed by atoms with Crippen LogP contribution in [0.25, 0.3) is 0 Å². The molecule has 8 nitrogen and oxygen atoms in total. The average Bonchev–Trinajstić information content (AvgIpc) is 2.80. The highest BCUT2D eigenvalue weighted by atomic mass is 32.2. The predicted molar refractivity (Wildman–Crippen MR) is 139 cm³/mol. The third-order valence-corrected chi connectivity index (χ3v) is 6.67. The molecule has 0 saturated heterocycles. The van der Waals surface area contributed by atoms with Crippen LogP contribution >= 0.6 is 0 Å². The van der Waals surface area contributed by atoms with Crippen molar-refractivity contribution in [2.24, 2.45) is 0 Å². The molecule has 0 heterocycles. The van der Waals surface area contributed by atoms with E-state index in [0.29, 0.717) is 18.9 Å². The molecule has 0 aromatic heterocycles. The van der Waals surface area contributed by atoms with Gasteiger partial charge >= 0.3 is 0 Å². The van der Waals surface area contributed by atoms with E-state index in [2.05, 4.69) is 5.32 Å². The molecule has 1 unspecified atom stereocenters. The summed E-state index contributed by atoms with van der Waals surface area (Å²) < 4.78 is 32.1. The van der Waals surface area contributed by atoms with Crippen molar-refractivity contribution in [1.29, 1.82) is 0 Å². The second-order valence-corrected chi connectivity index (χ2v) is 10.4. The summed E-state index contributed by atoms with van der Waals surface area (Å²) in [6.07, 6.45) is 2.82. The number of rotatable bonds is 13. The predicted octanol–water partition coefficient (Wildman–Crippen LogP) is 3.49. The fraction of sp³-hybridized carbons (Fsp3) is 0.462. The Morgan fingerprint density at radius 2 is 1.80 bits per heavy atom. The molecule has 0 bridgehead atoms. The van der Waals surface area contributed by atoms with E-state index < -0.39 is 28.5 Å². The van der Waals surface area contributed by atoms with Crippen LogP contribution in [0.15, 0.2) is 48.5 Å². The largest absolute Gasteiger partial charge is 0.492 e. The zero-order valence-electron chi connectivity index (χ0n) is 21.3. The van der Waals surface area contributed by atoms with Gasteiger partial charge in [-0.1, -0.05) is 55.3 Å². The Hall–Kier alpha value is -3.07. The number of unbranched alkanes of at least 4 members (excludes halogenated alkanes) is 1. The van der Waals surface area contributed by atoms with Gasteiger partial charge in [0.05, 0.1) is 18.6 Å². The number of amides is 2. The molecular formula is C26H37N3O5S. The van der Waals surface area contributed by atoms with Crippen LogP contribution in [0, 0.1) is 6.92 Å². The first-order valence-corrected chi connectivity index (χ1v) is 13.8. The summed E-state index contributed by atoms with van der Waals surface area (Å²) in [5.41, 5.74) is 2.16. The van der Waals surface area contributed by atoms with Crippen LogP contribution in [-0.2, 0) is 26.2 Å². The first kappa shape index (κ1) is 28.2. The minimum Gasteiger partial charge on any atom is -0.492 e. The van der Waals surface area contributed by atoms with E-state index in [0.717, 1.165) is 34.5 Å². The Bertz CT molecular complexity index is 1100. The van der Waals surface area contributed by atoms with E-state index in [1.165, 1.54) is 4.90 Å². The lowest BCUT2D eigenvalue weighted by Gasteiger charge is -2.32. The lowest BCUT2D eigenvalue weighted by Crippen LogP contribution is -2.51. The highest BCUT2D eigenvalue weighted by Gasteiger charge is 2.31. The van der Waals surface area contributed by atoms with Gasteiger partial charge in [-0.3, -0.25) is 13.9 Å². The van der Waals surface area contributed by atoms with E-state index in [4.69, 9.17) is 4.74 Å². The third-order valence-electron chi connectivity index (χ3n) is 5.55. The smallest absolute Gasteiger partial charge is 0.244 e. The SMILES string of the molecule is CCCCNC(=O)C(C)N(Cc1cccc(C)c1)C(=O)CN(c1ccccc1OCC)S(C)(=O)=O. The van der Waals surface area contributed by atoms with E-state index in [9.17, 15) is 18.0 Å². The topological polar surface area (TPSA) is 96.0 Å². The lowest BCUT2D eigenvalue weighted by atomic mass is 10.1. The quantitative estimate of drug-likeness (QED) is 0.422. The molecule has 1 atom stereocenters. The Labute approximate surface area is 209 Å². The van der Waals surface area contributed by atoms with Gasteiger partial charge in [-0.05, 0) is 44.9 Å². The maximum Gasteiger partial charge on any atom is 0.244 e. The van der Waals surface area contributed by atoms with Gasteiger partial charge in [-0.15, -0.1) is 0 Å². The summed E-state index contributed by atoms with van der Waals surface area (Å²) in [6.45, 7) is 8.02. The van der Waals surface area contributed by atoms with Gasteiger partial charge < -0.3 is 15.0 Å². The van der Waals surface area contributed by atoms with Crippen LogP contribution in [0.3, 0.4) is 0 Å². The van der Waals surface area contributed by atoms with Crippen LogP contribution in [0.4, 0.5) is 5.69 Å². The molecule has 0 radical (unpaired) electrons. The summed E-state index contributed by atoms with van der Waals surface area (Å²) in [5, 5.41) is 2.87. The fourth-order valence-corrected chi connectivity index (χ4v) is 4.51. The number of nitrogens with zero attached hydrogens (tertiary/aromatic N) is 2. The Morgan fingerprint density at radius 3 is 2.43 bits per heavy atom. The van der Waals surface area contributed by atoms with E-state index in [-0.39, 0.29) is 18.1 Å². The first-order valence-electron chi connectivity index (χ1n) is 11.9. The van der Waals surface area contributed by atoms with Crippen molar-refractivity contribution in [1.82, 2.24) is 10.2 Å². The van der Waals surface area contributed by atoms with Crippen molar-refractivity contribution in [3.05, 3.63) is 59.7 Å². The van der Waals surface area contributed by atoms with Gasteiger partial charge in [0.15, 0.2) is 0 Å². The number of sulfonamides is 1. The number of anilines is 1. The number of benzene rings is 2. The van der Waals surface area contributed by atoms with E-state index in [1.807, 2.05) is 38.1 Å². The molecule has 1 N–H and O–H groups in total. The van der Waals surface area contributed by atoms with Gasteiger partial charge in [-0.2, -0.15) is 0 Å². The molecule has 0 spiro atoms. The summed E-state index contributed by atoms with van der Waals surface area (Å²) >= 11 is 0. The van der Waals surface area contributed by atoms with Crippen LogP contribution in [-0.4, -0.2) is 57.1 Å². The summed E-state index contributed by atoms with van der Waals surface area (Å²) in [5.74, 6) is -0.398. The number of hydrogen-bond donors (Lipinski definition) is 1. The van der Waals surface area contributed by atoms with Crippen molar-refractivity contribution in [3.8, 4) is 5.75 Å². The summed E-state index contributed by atoms with van der Waals surface area (Å²) in [7, 11) is -3.83. The molecule has 9 heteroatoms. The molecule has 2 aromatic carbocycles. The van der Waals surface area contributed by atoms with Crippen molar-refractivity contribution >= 4 is 27.5 Å². The van der Waals surface area contributed by atoms with E-state index >= 15 is 0 Å². The maximum atomic E-state index is 13.6. The molecule has 0 aliphatic carbocycles. The Kier molecular flexibility index (Phi) is 10.6. The fourth-order valence-electron chi connectivity index (χ4n) is 3.66. The molecule has 0 aliphatic heterocycles. The van der Waals surface area contributed by atoms with Gasteiger partial charge in [0.25, 0.3) is 0 Å². The number of carbonyl (C=O) groups excluding carboxylic acids is 2. The number of nitrogens with one attached hydrogen (secondary N) is 1. The minimum atomic E-state index is -3.83. The Morgan fingerprint density at radius 1 is 1.09 bits per heavy atom.